The fourth-order valence-electron chi connectivity index (χ4n) is 1.38. The van der Waals surface area contributed by atoms with Crippen LogP contribution in [-0.4, -0.2) is 9.97 Å². The van der Waals surface area contributed by atoms with E-state index in [9.17, 15) is 13.2 Å². The number of aromatic amines is 1. The first-order chi connectivity index (χ1) is 7.43. The molecule has 0 fully saturated rings. The summed E-state index contributed by atoms with van der Waals surface area (Å²) in [7, 11) is 0. The third-order valence-electron chi connectivity index (χ3n) is 2.04. The van der Waals surface area contributed by atoms with Crippen LogP contribution >= 0.6 is 15.9 Å². The van der Waals surface area contributed by atoms with Crippen molar-refractivity contribution in [1.82, 2.24) is 9.97 Å². The van der Waals surface area contributed by atoms with Crippen molar-refractivity contribution in [2.75, 3.05) is 0 Å². The smallest absolute Gasteiger partial charge is 0.331 e. The molecule has 0 radical (unpaired) electrons. The van der Waals surface area contributed by atoms with Crippen LogP contribution < -0.4 is 0 Å². The van der Waals surface area contributed by atoms with Crippen molar-refractivity contribution in [3.8, 4) is 6.07 Å². The number of nitriles is 1. The van der Waals surface area contributed by atoms with Crippen LogP contribution in [0.4, 0.5) is 13.2 Å². The molecule has 0 bridgehead atoms. The quantitative estimate of drug-likeness (QED) is 0.810. The molecule has 1 N–H and O–H groups in total. The van der Waals surface area contributed by atoms with Crippen molar-refractivity contribution in [1.29, 1.82) is 5.26 Å². The molecular weight excluding hydrogens is 287 g/mol. The maximum atomic E-state index is 12.6. The lowest BCUT2D eigenvalue weighted by Crippen LogP contribution is -2.06. The second-order valence-corrected chi connectivity index (χ2v) is 3.77. The Morgan fingerprint density at radius 2 is 2.06 bits per heavy atom. The first kappa shape index (κ1) is 11.0. The Balaban J connectivity index is 2.86. The predicted molar refractivity (Wildman–Crippen MR) is 53.5 cm³/mol. The topological polar surface area (TPSA) is 52.5 Å². The Hall–Kier alpha value is -1.55. The second-order valence-electron chi connectivity index (χ2n) is 3.02. The van der Waals surface area contributed by atoms with Gasteiger partial charge < -0.3 is 4.98 Å². The number of benzene rings is 1. The van der Waals surface area contributed by atoms with Gasteiger partial charge in [0.2, 0.25) is 0 Å². The van der Waals surface area contributed by atoms with Crippen molar-refractivity contribution in [2.45, 2.75) is 6.18 Å². The van der Waals surface area contributed by atoms with E-state index in [4.69, 9.17) is 5.26 Å². The van der Waals surface area contributed by atoms with Crippen LogP contribution in [0.25, 0.3) is 11.0 Å². The minimum atomic E-state index is -4.49. The Kier molecular flexibility index (Phi) is 2.39. The number of fused-ring (bicyclic) bond motifs is 1. The maximum Gasteiger partial charge on any atom is 0.418 e. The third kappa shape index (κ3) is 1.65. The van der Waals surface area contributed by atoms with E-state index in [2.05, 4.69) is 25.9 Å². The summed E-state index contributed by atoms with van der Waals surface area (Å²) in [6.45, 7) is 0. The van der Waals surface area contributed by atoms with Gasteiger partial charge in [-0.3, -0.25) is 0 Å². The summed E-state index contributed by atoms with van der Waals surface area (Å²) in [5, 5.41) is 8.74. The summed E-state index contributed by atoms with van der Waals surface area (Å²) >= 11 is 2.95. The van der Waals surface area contributed by atoms with Crippen LogP contribution in [0, 0.1) is 11.3 Å². The first-order valence-corrected chi connectivity index (χ1v) is 4.88. The summed E-state index contributed by atoms with van der Waals surface area (Å²) in [5.41, 5.74) is -0.896. The van der Waals surface area contributed by atoms with E-state index in [0.717, 1.165) is 12.1 Å². The van der Waals surface area contributed by atoms with Crippen molar-refractivity contribution in [3.63, 3.8) is 0 Å². The maximum absolute atomic E-state index is 12.6. The number of rotatable bonds is 0. The van der Waals surface area contributed by atoms with Gasteiger partial charge in [0.1, 0.15) is 11.6 Å². The highest BCUT2D eigenvalue weighted by Crippen LogP contribution is 2.35. The van der Waals surface area contributed by atoms with Gasteiger partial charge >= 0.3 is 6.18 Å². The average molecular weight is 290 g/mol. The summed E-state index contributed by atoms with van der Waals surface area (Å²) in [6.07, 6.45) is -4.49. The van der Waals surface area contributed by atoms with Crippen molar-refractivity contribution >= 4 is 27.0 Å². The van der Waals surface area contributed by atoms with Crippen LogP contribution in [-0.2, 0) is 6.18 Å². The number of alkyl halides is 3. The monoisotopic (exact) mass is 289 g/mol. The molecule has 0 spiro atoms. The van der Waals surface area contributed by atoms with Gasteiger partial charge in [-0.2, -0.15) is 18.4 Å². The summed E-state index contributed by atoms with van der Waals surface area (Å²) < 4.78 is 38.0. The molecule has 82 valence electrons. The summed E-state index contributed by atoms with van der Waals surface area (Å²) in [5.74, 6) is 0. The molecule has 2 aromatic rings. The Morgan fingerprint density at radius 3 is 2.62 bits per heavy atom. The highest BCUT2D eigenvalue weighted by atomic mass is 79.9. The molecule has 0 aliphatic carbocycles. The molecule has 7 heteroatoms. The second kappa shape index (κ2) is 3.49. The van der Waals surface area contributed by atoms with E-state index in [1.807, 2.05) is 0 Å². The Labute approximate surface area is 96.0 Å². The van der Waals surface area contributed by atoms with Gasteiger partial charge in [0, 0.05) is 0 Å². The van der Waals surface area contributed by atoms with Gasteiger partial charge in [-0.25, -0.2) is 4.98 Å². The number of hydrogen-bond donors (Lipinski definition) is 1. The molecule has 0 amide bonds. The Morgan fingerprint density at radius 1 is 1.38 bits per heavy atom. The molecule has 16 heavy (non-hydrogen) atoms. The van der Waals surface area contributed by atoms with Gasteiger partial charge in [0.25, 0.3) is 0 Å². The number of nitrogens with zero attached hydrogens (tertiary/aromatic N) is 2. The molecule has 2 rings (SSSR count). The highest BCUT2D eigenvalue weighted by molar-refractivity contribution is 9.10. The van der Waals surface area contributed by atoms with Crippen LogP contribution in [0.3, 0.4) is 0 Å². The van der Waals surface area contributed by atoms with E-state index in [1.165, 1.54) is 0 Å². The van der Waals surface area contributed by atoms with Gasteiger partial charge in [-0.05, 0) is 28.1 Å². The summed E-state index contributed by atoms with van der Waals surface area (Å²) in [6, 6.07) is 3.78. The molecular formula is C9H3BrF3N3. The molecule has 0 saturated heterocycles. The molecule has 0 atom stereocenters. The van der Waals surface area contributed by atoms with Crippen LogP contribution in [0.1, 0.15) is 11.1 Å². The van der Waals surface area contributed by atoms with Gasteiger partial charge in [0.15, 0.2) is 4.73 Å². The number of H-pyrrole nitrogens is 1. The number of nitrogens with one attached hydrogen (secondary N) is 1. The third-order valence-corrected chi connectivity index (χ3v) is 2.42. The number of hydrogen-bond acceptors (Lipinski definition) is 2. The van der Waals surface area contributed by atoms with E-state index in [1.54, 1.807) is 6.07 Å². The van der Waals surface area contributed by atoms with Crippen LogP contribution in [0.15, 0.2) is 16.9 Å². The minimum Gasteiger partial charge on any atom is -0.331 e. The van der Waals surface area contributed by atoms with Crippen molar-refractivity contribution in [3.05, 3.63) is 28.0 Å². The molecule has 1 aromatic carbocycles. The Bertz CT molecular complexity index is 594. The molecule has 0 aliphatic heterocycles. The van der Waals surface area contributed by atoms with E-state index in [-0.39, 0.29) is 21.3 Å². The standard InChI is InChI=1S/C9H3BrF3N3/c10-8-15-6-4(3-14)1-2-5(7(6)16-8)9(11,12)13/h1-2H,(H,15,16). The first-order valence-electron chi connectivity index (χ1n) is 4.09. The zero-order valence-corrected chi connectivity index (χ0v) is 9.15. The average Bonchev–Trinajstić information content (AvgIpc) is 2.55. The van der Waals surface area contributed by atoms with Crippen molar-refractivity contribution in [2.24, 2.45) is 0 Å². The van der Waals surface area contributed by atoms with E-state index >= 15 is 0 Å². The lowest BCUT2D eigenvalue weighted by atomic mass is 10.1. The molecule has 3 nitrogen and oxygen atoms in total. The van der Waals surface area contributed by atoms with E-state index in [0.29, 0.717) is 0 Å². The SMILES string of the molecule is N#Cc1ccc(C(F)(F)F)c2nc(Br)[nH]c12. The predicted octanol–water partition coefficient (Wildman–Crippen LogP) is 3.22. The zero-order valence-electron chi connectivity index (χ0n) is 7.56. The van der Waals surface area contributed by atoms with E-state index < -0.39 is 11.7 Å². The van der Waals surface area contributed by atoms with Crippen LogP contribution in [0.2, 0.25) is 0 Å². The van der Waals surface area contributed by atoms with Crippen LogP contribution in [0.5, 0.6) is 0 Å². The fraction of sp³-hybridized carbons (Fsp3) is 0.111. The summed E-state index contributed by atoms with van der Waals surface area (Å²) in [4.78, 5) is 6.25. The molecule has 1 heterocycles. The highest BCUT2D eigenvalue weighted by Gasteiger charge is 2.34. The number of halogens is 4. The number of imidazole rings is 1. The normalized spacial score (nSPS) is 11.7. The van der Waals surface area contributed by atoms with Crippen molar-refractivity contribution < 1.29 is 13.2 Å². The minimum absolute atomic E-state index is 0.0872. The molecule has 0 aliphatic rings. The van der Waals surface area contributed by atoms with Gasteiger partial charge in [0.05, 0.1) is 16.6 Å². The fourth-order valence-corrected chi connectivity index (χ4v) is 1.76. The number of aromatic nitrogens is 2. The molecule has 0 saturated carbocycles. The molecule has 0 unspecified atom stereocenters. The zero-order chi connectivity index (χ0) is 11.9. The van der Waals surface area contributed by atoms with Gasteiger partial charge in [-0.15, -0.1) is 0 Å². The lowest BCUT2D eigenvalue weighted by molar-refractivity contribution is -0.136. The lowest BCUT2D eigenvalue weighted by Gasteiger charge is -2.06. The molecule has 1 aromatic heterocycles. The van der Waals surface area contributed by atoms with Gasteiger partial charge in [-0.1, -0.05) is 0 Å². The largest absolute Gasteiger partial charge is 0.418 e.